The van der Waals surface area contributed by atoms with Crippen molar-refractivity contribution in [2.24, 2.45) is 0 Å². The minimum Gasteiger partial charge on any atom is -0.480 e. The van der Waals surface area contributed by atoms with Gasteiger partial charge in [-0.25, -0.2) is 4.98 Å². The molecule has 1 aromatic rings. The first kappa shape index (κ1) is 14.4. The SMILES string of the molecule is CC(C)c1cc(C(=O)N[C@@H](C)C(=O)O)cc(Cl)n1. The van der Waals surface area contributed by atoms with Crippen LogP contribution < -0.4 is 5.32 Å². The Morgan fingerprint density at radius 3 is 2.44 bits per heavy atom. The van der Waals surface area contributed by atoms with Gasteiger partial charge in [-0.05, 0) is 25.0 Å². The van der Waals surface area contributed by atoms with Crippen LogP contribution in [0.5, 0.6) is 0 Å². The summed E-state index contributed by atoms with van der Waals surface area (Å²) in [5.41, 5.74) is 1.00. The van der Waals surface area contributed by atoms with Crippen LogP contribution in [0.15, 0.2) is 12.1 Å². The van der Waals surface area contributed by atoms with E-state index < -0.39 is 17.9 Å². The lowest BCUT2D eigenvalue weighted by atomic mass is 10.1. The summed E-state index contributed by atoms with van der Waals surface area (Å²) in [6.07, 6.45) is 0. The van der Waals surface area contributed by atoms with Crippen molar-refractivity contribution in [2.75, 3.05) is 0 Å². The molecule has 1 amide bonds. The Hall–Kier alpha value is -1.62. The zero-order valence-electron chi connectivity index (χ0n) is 10.4. The number of carbonyl (C=O) groups is 2. The molecule has 0 unspecified atom stereocenters. The van der Waals surface area contributed by atoms with Crippen molar-refractivity contribution in [2.45, 2.75) is 32.7 Å². The zero-order valence-corrected chi connectivity index (χ0v) is 11.2. The van der Waals surface area contributed by atoms with Crippen molar-refractivity contribution in [3.8, 4) is 0 Å². The fraction of sp³-hybridized carbons (Fsp3) is 0.417. The second-order valence-corrected chi connectivity index (χ2v) is 4.68. The number of rotatable bonds is 4. The summed E-state index contributed by atoms with van der Waals surface area (Å²) < 4.78 is 0. The van der Waals surface area contributed by atoms with Crippen LogP contribution >= 0.6 is 11.6 Å². The molecule has 18 heavy (non-hydrogen) atoms. The van der Waals surface area contributed by atoms with Crippen molar-refractivity contribution in [1.29, 1.82) is 0 Å². The Balaban J connectivity index is 2.95. The molecule has 0 bridgehead atoms. The van der Waals surface area contributed by atoms with Crippen LogP contribution in [-0.4, -0.2) is 28.0 Å². The third-order valence-corrected chi connectivity index (χ3v) is 2.58. The fourth-order valence-electron chi connectivity index (χ4n) is 1.29. The van der Waals surface area contributed by atoms with Crippen molar-refractivity contribution in [1.82, 2.24) is 10.3 Å². The summed E-state index contributed by atoms with van der Waals surface area (Å²) in [5.74, 6) is -1.43. The van der Waals surface area contributed by atoms with E-state index in [-0.39, 0.29) is 11.1 Å². The molecule has 1 aromatic heterocycles. The first-order valence-corrected chi connectivity index (χ1v) is 5.90. The Morgan fingerprint density at radius 1 is 1.33 bits per heavy atom. The number of aromatic nitrogens is 1. The third kappa shape index (κ3) is 3.70. The number of nitrogens with one attached hydrogen (secondary N) is 1. The quantitative estimate of drug-likeness (QED) is 0.821. The van der Waals surface area contributed by atoms with Gasteiger partial charge in [0.15, 0.2) is 0 Å². The molecule has 0 radical (unpaired) electrons. The molecule has 0 saturated carbocycles. The molecule has 2 N–H and O–H groups in total. The number of pyridine rings is 1. The topological polar surface area (TPSA) is 79.3 Å². The van der Waals surface area contributed by atoms with E-state index in [1.807, 2.05) is 13.8 Å². The maximum Gasteiger partial charge on any atom is 0.325 e. The monoisotopic (exact) mass is 270 g/mol. The normalized spacial score (nSPS) is 12.3. The van der Waals surface area contributed by atoms with E-state index >= 15 is 0 Å². The third-order valence-electron chi connectivity index (χ3n) is 2.39. The number of carboxylic acids is 1. The lowest BCUT2D eigenvalue weighted by Crippen LogP contribution is -2.38. The second kappa shape index (κ2) is 5.82. The maximum absolute atomic E-state index is 11.8. The van der Waals surface area contributed by atoms with Gasteiger partial charge in [0.1, 0.15) is 11.2 Å². The van der Waals surface area contributed by atoms with E-state index in [1.165, 1.54) is 13.0 Å². The predicted octanol–water partition coefficient (Wildman–Crippen LogP) is 2.06. The number of nitrogens with zero attached hydrogens (tertiary/aromatic N) is 1. The number of amides is 1. The Labute approximate surface area is 110 Å². The number of carbonyl (C=O) groups excluding carboxylic acids is 1. The lowest BCUT2D eigenvalue weighted by Gasteiger charge is -2.11. The van der Waals surface area contributed by atoms with E-state index in [4.69, 9.17) is 16.7 Å². The molecule has 0 aliphatic carbocycles. The molecule has 98 valence electrons. The molecule has 0 spiro atoms. The van der Waals surface area contributed by atoms with Gasteiger partial charge in [-0.1, -0.05) is 25.4 Å². The molecule has 0 fully saturated rings. The molecular formula is C12H15ClN2O3. The van der Waals surface area contributed by atoms with Crippen LogP contribution in [-0.2, 0) is 4.79 Å². The first-order chi connectivity index (χ1) is 8.31. The molecule has 0 aromatic carbocycles. The Morgan fingerprint density at radius 2 is 1.94 bits per heavy atom. The standard InChI is InChI=1S/C12H15ClN2O3/c1-6(2)9-4-8(5-10(13)15-9)11(16)14-7(3)12(17)18/h4-7H,1-3H3,(H,14,16)(H,17,18)/t7-/m0/s1. The van der Waals surface area contributed by atoms with E-state index in [0.717, 1.165) is 0 Å². The first-order valence-electron chi connectivity index (χ1n) is 5.52. The summed E-state index contributed by atoms with van der Waals surface area (Å²) in [7, 11) is 0. The molecule has 1 rings (SSSR count). The smallest absolute Gasteiger partial charge is 0.325 e. The van der Waals surface area contributed by atoms with Crippen LogP contribution in [0.4, 0.5) is 0 Å². The highest BCUT2D eigenvalue weighted by Crippen LogP contribution is 2.17. The van der Waals surface area contributed by atoms with Gasteiger partial charge in [-0.2, -0.15) is 0 Å². The summed E-state index contributed by atoms with van der Waals surface area (Å²) in [5, 5.41) is 11.3. The Bertz CT molecular complexity index is 474. The minimum atomic E-state index is -1.09. The molecule has 0 aliphatic rings. The average Bonchev–Trinajstić information content (AvgIpc) is 2.27. The van der Waals surface area contributed by atoms with Crippen molar-refractivity contribution < 1.29 is 14.7 Å². The summed E-state index contributed by atoms with van der Waals surface area (Å²) in [6, 6.07) is 2.07. The molecule has 1 heterocycles. The largest absolute Gasteiger partial charge is 0.480 e. The highest BCUT2D eigenvalue weighted by Gasteiger charge is 2.17. The molecule has 6 heteroatoms. The van der Waals surface area contributed by atoms with E-state index in [9.17, 15) is 9.59 Å². The van der Waals surface area contributed by atoms with Gasteiger partial charge in [-0.15, -0.1) is 0 Å². The summed E-state index contributed by atoms with van der Waals surface area (Å²) in [4.78, 5) is 26.6. The zero-order chi connectivity index (χ0) is 13.9. The van der Waals surface area contributed by atoms with Gasteiger partial charge in [0, 0.05) is 11.3 Å². The molecule has 5 nitrogen and oxygen atoms in total. The molecule has 0 aliphatic heterocycles. The van der Waals surface area contributed by atoms with Crippen molar-refractivity contribution >= 4 is 23.5 Å². The predicted molar refractivity (Wildman–Crippen MR) is 67.9 cm³/mol. The summed E-state index contributed by atoms with van der Waals surface area (Å²) >= 11 is 5.83. The van der Waals surface area contributed by atoms with Gasteiger partial charge < -0.3 is 10.4 Å². The van der Waals surface area contributed by atoms with Crippen LogP contribution in [0, 0.1) is 0 Å². The van der Waals surface area contributed by atoms with Gasteiger partial charge in [0.05, 0.1) is 0 Å². The van der Waals surface area contributed by atoms with E-state index in [2.05, 4.69) is 10.3 Å². The minimum absolute atomic E-state index is 0.132. The van der Waals surface area contributed by atoms with E-state index in [0.29, 0.717) is 11.3 Å². The highest BCUT2D eigenvalue weighted by atomic mass is 35.5. The molecular weight excluding hydrogens is 256 g/mol. The molecule has 0 saturated heterocycles. The van der Waals surface area contributed by atoms with Crippen LogP contribution in [0.2, 0.25) is 5.15 Å². The van der Waals surface area contributed by atoms with Crippen LogP contribution in [0.3, 0.4) is 0 Å². The second-order valence-electron chi connectivity index (χ2n) is 4.29. The Kier molecular flexibility index (Phi) is 4.67. The van der Waals surface area contributed by atoms with Gasteiger partial charge in [-0.3, -0.25) is 9.59 Å². The van der Waals surface area contributed by atoms with Crippen molar-refractivity contribution in [3.05, 3.63) is 28.5 Å². The number of halogens is 1. The number of hydrogen-bond acceptors (Lipinski definition) is 3. The van der Waals surface area contributed by atoms with Gasteiger partial charge in [0.2, 0.25) is 0 Å². The number of carboxylic acid groups (broad SMARTS) is 1. The van der Waals surface area contributed by atoms with Crippen LogP contribution in [0.1, 0.15) is 42.7 Å². The average molecular weight is 271 g/mol. The fourth-order valence-corrected chi connectivity index (χ4v) is 1.50. The highest BCUT2D eigenvalue weighted by molar-refractivity contribution is 6.29. The van der Waals surface area contributed by atoms with Crippen molar-refractivity contribution in [3.63, 3.8) is 0 Å². The van der Waals surface area contributed by atoms with Gasteiger partial charge >= 0.3 is 5.97 Å². The van der Waals surface area contributed by atoms with Crippen LogP contribution in [0.25, 0.3) is 0 Å². The summed E-state index contributed by atoms with van der Waals surface area (Å²) in [6.45, 7) is 5.26. The lowest BCUT2D eigenvalue weighted by molar-refractivity contribution is -0.138. The molecule has 1 atom stereocenters. The van der Waals surface area contributed by atoms with Gasteiger partial charge in [0.25, 0.3) is 5.91 Å². The van der Waals surface area contributed by atoms with E-state index in [1.54, 1.807) is 6.07 Å². The maximum atomic E-state index is 11.8. The number of aliphatic carboxylic acids is 1. The number of hydrogen-bond donors (Lipinski definition) is 2.